The molecule has 13 rings (SSSR count). The first-order valence-electron chi connectivity index (χ1n) is 21.1. The topological polar surface area (TPSA) is 21.3 Å². The number of aromatic nitrogens is 1. The van der Waals surface area contributed by atoms with Crippen LogP contribution in [-0.4, -0.2) is 4.57 Å². The van der Waals surface area contributed by atoms with Gasteiger partial charge in [0.15, 0.2) is 0 Å². The van der Waals surface area contributed by atoms with Crippen molar-refractivity contribution in [3.05, 3.63) is 218 Å². The molecule has 0 saturated heterocycles. The SMILES string of the molecule is c1cc(-c2ccc3sc4ccccc4c3c2)cc(N(c2cccc3ccccc23)c2ccc(-c3ccc(-n4c5ccccc5c5ccccc54)cc3)c3oc4ccccc4c23)c1. The predicted octanol–water partition coefficient (Wildman–Crippen LogP) is 17.0. The van der Waals surface area contributed by atoms with Gasteiger partial charge in [0.1, 0.15) is 11.2 Å². The van der Waals surface area contributed by atoms with Crippen LogP contribution in [0.5, 0.6) is 0 Å². The molecule has 0 amide bonds. The summed E-state index contributed by atoms with van der Waals surface area (Å²) >= 11 is 1.85. The van der Waals surface area contributed by atoms with E-state index in [2.05, 4.69) is 228 Å². The van der Waals surface area contributed by atoms with Gasteiger partial charge in [0, 0.05) is 58.7 Å². The molecule has 13 aromatic rings. The number of rotatable bonds is 6. The van der Waals surface area contributed by atoms with Crippen molar-refractivity contribution in [1.29, 1.82) is 0 Å². The van der Waals surface area contributed by atoms with Gasteiger partial charge in [0.2, 0.25) is 0 Å². The highest BCUT2D eigenvalue weighted by Crippen LogP contribution is 2.48. The first kappa shape index (κ1) is 34.9. The van der Waals surface area contributed by atoms with Crippen molar-refractivity contribution >= 4 is 103 Å². The summed E-state index contributed by atoms with van der Waals surface area (Å²) in [6.07, 6.45) is 0. The van der Waals surface area contributed by atoms with Crippen molar-refractivity contribution < 1.29 is 4.42 Å². The summed E-state index contributed by atoms with van der Waals surface area (Å²) in [5.41, 5.74) is 13.0. The zero-order valence-electron chi connectivity index (χ0n) is 33.5. The van der Waals surface area contributed by atoms with Crippen molar-refractivity contribution in [2.75, 3.05) is 4.90 Å². The minimum atomic E-state index is 0.862. The van der Waals surface area contributed by atoms with E-state index in [9.17, 15) is 0 Å². The van der Waals surface area contributed by atoms with E-state index in [1.807, 2.05) is 11.3 Å². The van der Waals surface area contributed by atoms with Crippen LogP contribution in [0.4, 0.5) is 17.1 Å². The second-order valence-electron chi connectivity index (χ2n) is 16.0. The van der Waals surface area contributed by atoms with Crippen LogP contribution < -0.4 is 4.90 Å². The summed E-state index contributed by atoms with van der Waals surface area (Å²) in [5.74, 6) is 0. The number of hydrogen-bond donors (Lipinski definition) is 0. The van der Waals surface area contributed by atoms with Crippen molar-refractivity contribution in [2.24, 2.45) is 0 Å². The van der Waals surface area contributed by atoms with E-state index in [0.29, 0.717) is 0 Å². The third-order valence-electron chi connectivity index (χ3n) is 12.6. The first-order chi connectivity index (χ1) is 30.7. The molecule has 0 bridgehead atoms. The molecule has 0 radical (unpaired) electrons. The monoisotopic (exact) mass is 808 g/mol. The highest BCUT2D eigenvalue weighted by atomic mass is 32.1. The van der Waals surface area contributed by atoms with Crippen LogP contribution in [0.2, 0.25) is 0 Å². The molecule has 10 aromatic carbocycles. The van der Waals surface area contributed by atoms with Crippen LogP contribution in [0, 0.1) is 0 Å². The van der Waals surface area contributed by atoms with Crippen LogP contribution in [0.15, 0.2) is 223 Å². The van der Waals surface area contributed by atoms with Crippen LogP contribution in [0.1, 0.15) is 0 Å². The van der Waals surface area contributed by atoms with Crippen molar-refractivity contribution in [1.82, 2.24) is 4.57 Å². The van der Waals surface area contributed by atoms with Gasteiger partial charge in [-0.05, 0) is 101 Å². The van der Waals surface area contributed by atoms with Gasteiger partial charge in [0.05, 0.1) is 27.8 Å². The molecule has 0 aliphatic carbocycles. The third-order valence-corrected chi connectivity index (χ3v) is 13.7. The smallest absolute Gasteiger partial charge is 0.145 e. The fourth-order valence-corrected chi connectivity index (χ4v) is 10.8. The Morgan fingerprint density at radius 2 is 1.03 bits per heavy atom. The van der Waals surface area contributed by atoms with Gasteiger partial charge < -0.3 is 13.9 Å². The summed E-state index contributed by atoms with van der Waals surface area (Å²) in [6.45, 7) is 0. The molecular formula is C58H36N2OS. The number of benzene rings is 10. The maximum Gasteiger partial charge on any atom is 0.145 e. The molecule has 62 heavy (non-hydrogen) atoms. The van der Waals surface area contributed by atoms with Crippen LogP contribution in [-0.2, 0) is 0 Å². The number of fused-ring (bicyclic) bond motifs is 10. The van der Waals surface area contributed by atoms with Crippen molar-refractivity contribution in [2.45, 2.75) is 0 Å². The van der Waals surface area contributed by atoms with Crippen molar-refractivity contribution in [3.63, 3.8) is 0 Å². The number of thiophene rings is 1. The van der Waals surface area contributed by atoms with Crippen LogP contribution in [0.25, 0.3) is 103 Å². The lowest BCUT2D eigenvalue weighted by Crippen LogP contribution is -2.11. The molecule has 290 valence electrons. The summed E-state index contributed by atoms with van der Waals surface area (Å²) < 4.78 is 11.9. The maximum absolute atomic E-state index is 6.94. The number of anilines is 3. The zero-order valence-corrected chi connectivity index (χ0v) is 34.3. The lowest BCUT2D eigenvalue weighted by molar-refractivity contribution is 0.670. The summed E-state index contributed by atoms with van der Waals surface area (Å²) in [7, 11) is 0. The third kappa shape index (κ3) is 5.37. The Hall–Kier alpha value is -7.92. The Kier molecular flexibility index (Phi) is 7.78. The number of hydrogen-bond acceptors (Lipinski definition) is 3. The van der Waals surface area contributed by atoms with E-state index in [0.717, 1.165) is 61.4 Å². The average Bonchev–Trinajstić information content (AvgIpc) is 4.02. The molecule has 3 heterocycles. The molecule has 0 spiro atoms. The molecule has 0 saturated carbocycles. The molecule has 0 aliphatic rings. The molecule has 0 fully saturated rings. The van der Waals surface area contributed by atoms with Crippen LogP contribution in [0.3, 0.4) is 0 Å². The number of nitrogens with zero attached hydrogens (tertiary/aromatic N) is 2. The van der Waals surface area contributed by atoms with E-state index in [1.54, 1.807) is 0 Å². The van der Waals surface area contributed by atoms with Gasteiger partial charge in [-0.3, -0.25) is 0 Å². The standard InChI is InChI=1S/C58H36N2OS/c1-2-17-43-37(13-1)14-12-24-50(43)60(42-16-11-15-39(35-42)40-29-34-56-49(36-40)47-20-6-10-26-55(47)62-56)53-33-32-44(58-57(53)48-21-5-9-25-54(48)61-58)38-27-30-41(31-28-38)59-51-22-7-3-18-45(51)46-19-4-8-23-52(46)59/h1-36H. The van der Waals surface area contributed by atoms with Gasteiger partial charge in [-0.2, -0.15) is 0 Å². The highest BCUT2D eigenvalue weighted by molar-refractivity contribution is 7.25. The normalized spacial score (nSPS) is 11.9. The molecule has 4 heteroatoms. The molecule has 3 nitrogen and oxygen atoms in total. The lowest BCUT2D eigenvalue weighted by atomic mass is 9.98. The Labute approximate surface area is 361 Å². The summed E-state index contributed by atoms with van der Waals surface area (Å²) in [6, 6.07) is 79.2. The zero-order chi connectivity index (χ0) is 40.7. The Morgan fingerprint density at radius 1 is 0.403 bits per heavy atom. The second kappa shape index (κ2) is 13.8. The minimum Gasteiger partial charge on any atom is -0.455 e. The number of furan rings is 1. The predicted molar refractivity (Wildman–Crippen MR) is 264 cm³/mol. The van der Waals surface area contributed by atoms with Crippen LogP contribution >= 0.6 is 11.3 Å². The van der Waals surface area contributed by atoms with Gasteiger partial charge in [-0.25, -0.2) is 0 Å². The minimum absolute atomic E-state index is 0.862. The van der Waals surface area contributed by atoms with Gasteiger partial charge in [-0.1, -0.05) is 140 Å². The molecule has 0 aliphatic heterocycles. The van der Waals surface area contributed by atoms with E-state index >= 15 is 0 Å². The Morgan fingerprint density at radius 3 is 1.85 bits per heavy atom. The second-order valence-corrected chi connectivity index (χ2v) is 17.1. The summed E-state index contributed by atoms with van der Waals surface area (Å²) in [5, 5.41) is 9.64. The van der Waals surface area contributed by atoms with E-state index in [1.165, 1.54) is 58.3 Å². The van der Waals surface area contributed by atoms with E-state index in [4.69, 9.17) is 4.42 Å². The lowest BCUT2D eigenvalue weighted by Gasteiger charge is -2.28. The molecule has 3 aromatic heterocycles. The molecule has 0 N–H and O–H groups in total. The van der Waals surface area contributed by atoms with Gasteiger partial charge in [0.25, 0.3) is 0 Å². The van der Waals surface area contributed by atoms with Gasteiger partial charge >= 0.3 is 0 Å². The molecule has 0 atom stereocenters. The molecule has 0 unspecified atom stereocenters. The quantitative estimate of drug-likeness (QED) is 0.167. The average molecular weight is 809 g/mol. The largest absolute Gasteiger partial charge is 0.455 e. The maximum atomic E-state index is 6.94. The molecular weight excluding hydrogens is 773 g/mol. The van der Waals surface area contributed by atoms with Gasteiger partial charge in [-0.15, -0.1) is 11.3 Å². The highest BCUT2D eigenvalue weighted by Gasteiger charge is 2.24. The fraction of sp³-hybridized carbons (Fsp3) is 0. The fourth-order valence-electron chi connectivity index (χ4n) is 9.76. The number of para-hydroxylation sites is 3. The van der Waals surface area contributed by atoms with E-state index < -0.39 is 0 Å². The first-order valence-corrected chi connectivity index (χ1v) is 21.9. The Balaban J connectivity index is 1.00. The summed E-state index contributed by atoms with van der Waals surface area (Å²) in [4.78, 5) is 2.43. The Bertz CT molecular complexity index is 3830. The van der Waals surface area contributed by atoms with Crippen molar-refractivity contribution in [3.8, 4) is 27.9 Å². The van der Waals surface area contributed by atoms with E-state index in [-0.39, 0.29) is 0 Å².